The van der Waals surface area contributed by atoms with Gasteiger partial charge >= 0.3 is 6.18 Å². The highest BCUT2D eigenvalue weighted by Gasteiger charge is 2.34. The van der Waals surface area contributed by atoms with Crippen LogP contribution in [-0.2, 0) is 6.18 Å². The van der Waals surface area contributed by atoms with E-state index in [0.717, 1.165) is 6.07 Å². The molecule has 1 aromatic carbocycles. The molecule has 2 rings (SSSR count). The summed E-state index contributed by atoms with van der Waals surface area (Å²) in [4.78, 5) is 16.2. The van der Waals surface area contributed by atoms with Crippen molar-refractivity contribution in [2.45, 2.75) is 6.18 Å². The highest BCUT2D eigenvalue weighted by atomic mass is 35.5. The minimum Gasteiger partial charge on any atom is -0.303 e. The molecule has 0 spiro atoms. The predicted octanol–water partition coefficient (Wildman–Crippen LogP) is 3.76. The third kappa shape index (κ3) is 2.90. The molecule has 3 nitrogen and oxygen atoms in total. The molecule has 0 unspecified atom stereocenters. The summed E-state index contributed by atoms with van der Waals surface area (Å²) in [6.45, 7) is 0. The number of hydrogen-bond donors (Lipinski definition) is 1. The standard InChI is InChI=1S/C11H5Cl2F3N2O/c12-6-3-1-2-5(9(6)13)7-4-8(19)18-10(17-7)11(14,15)16/h1-4H,(H,17,18,19). The molecule has 0 fully saturated rings. The topological polar surface area (TPSA) is 45.8 Å². The first kappa shape index (κ1) is 13.9. The molecule has 0 saturated carbocycles. The average Bonchev–Trinajstić information content (AvgIpc) is 2.31. The molecule has 0 aliphatic heterocycles. The molecule has 1 aromatic heterocycles. The van der Waals surface area contributed by atoms with Crippen molar-refractivity contribution in [2.75, 3.05) is 0 Å². The lowest BCUT2D eigenvalue weighted by molar-refractivity contribution is -0.145. The Kier molecular flexibility index (Phi) is 3.56. The number of halogens is 5. The van der Waals surface area contributed by atoms with Crippen molar-refractivity contribution in [1.82, 2.24) is 9.97 Å². The normalized spacial score (nSPS) is 11.6. The van der Waals surface area contributed by atoms with Gasteiger partial charge in [-0.3, -0.25) is 4.79 Å². The van der Waals surface area contributed by atoms with Crippen LogP contribution >= 0.6 is 23.2 Å². The van der Waals surface area contributed by atoms with Crippen molar-refractivity contribution in [3.05, 3.63) is 50.5 Å². The lowest BCUT2D eigenvalue weighted by Crippen LogP contribution is -2.18. The lowest BCUT2D eigenvalue weighted by Gasteiger charge is -2.09. The van der Waals surface area contributed by atoms with Crippen LogP contribution in [-0.4, -0.2) is 9.97 Å². The molecule has 0 saturated heterocycles. The fraction of sp³-hybridized carbons (Fsp3) is 0.0909. The maximum atomic E-state index is 12.6. The molecule has 0 atom stereocenters. The molecule has 0 bridgehead atoms. The smallest absolute Gasteiger partial charge is 0.303 e. The van der Waals surface area contributed by atoms with Crippen molar-refractivity contribution in [3.63, 3.8) is 0 Å². The van der Waals surface area contributed by atoms with Crippen molar-refractivity contribution < 1.29 is 13.2 Å². The van der Waals surface area contributed by atoms with Gasteiger partial charge in [0.15, 0.2) is 0 Å². The van der Waals surface area contributed by atoms with Gasteiger partial charge in [0.1, 0.15) is 0 Å². The van der Waals surface area contributed by atoms with Crippen LogP contribution in [0.25, 0.3) is 11.3 Å². The molecule has 0 radical (unpaired) electrons. The summed E-state index contributed by atoms with van der Waals surface area (Å²) in [6, 6.07) is 5.33. The Labute approximate surface area is 115 Å². The number of alkyl halides is 3. The second kappa shape index (κ2) is 4.86. The van der Waals surface area contributed by atoms with Crippen molar-refractivity contribution >= 4 is 23.2 Å². The van der Waals surface area contributed by atoms with Crippen LogP contribution in [0.2, 0.25) is 10.0 Å². The maximum absolute atomic E-state index is 12.6. The van der Waals surface area contributed by atoms with Gasteiger partial charge in [-0.25, -0.2) is 4.98 Å². The first-order chi connectivity index (χ1) is 8.79. The molecular formula is C11H5Cl2F3N2O. The van der Waals surface area contributed by atoms with E-state index in [4.69, 9.17) is 23.2 Å². The fourth-order valence-electron chi connectivity index (χ4n) is 1.43. The van der Waals surface area contributed by atoms with Gasteiger partial charge in [-0.1, -0.05) is 35.3 Å². The molecule has 0 amide bonds. The first-order valence-corrected chi connectivity index (χ1v) is 5.67. The van der Waals surface area contributed by atoms with E-state index in [1.54, 1.807) is 4.98 Å². The Morgan fingerprint density at radius 1 is 1.21 bits per heavy atom. The average molecular weight is 309 g/mol. The quantitative estimate of drug-likeness (QED) is 0.871. The molecule has 8 heteroatoms. The Hall–Kier alpha value is -1.53. The molecule has 1 heterocycles. The summed E-state index contributed by atoms with van der Waals surface area (Å²) in [7, 11) is 0. The highest BCUT2D eigenvalue weighted by molar-refractivity contribution is 6.43. The van der Waals surface area contributed by atoms with Gasteiger partial charge in [-0.2, -0.15) is 13.2 Å². The van der Waals surface area contributed by atoms with E-state index in [1.807, 2.05) is 0 Å². The van der Waals surface area contributed by atoms with Crippen LogP contribution in [0, 0.1) is 0 Å². The summed E-state index contributed by atoms with van der Waals surface area (Å²) in [5.41, 5.74) is -0.956. The summed E-state index contributed by atoms with van der Waals surface area (Å²) >= 11 is 11.6. The highest BCUT2D eigenvalue weighted by Crippen LogP contribution is 2.33. The second-order valence-corrected chi connectivity index (χ2v) is 4.36. The second-order valence-electron chi connectivity index (χ2n) is 3.58. The third-order valence-electron chi connectivity index (χ3n) is 2.24. The van der Waals surface area contributed by atoms with E-state index in [-0.39, 0.29) is 21.3 Å². The van der Waals surface area contributed by atoms with Gasteiger partial charge in [0.25, 0.3) is 5.56 Å². The maximum Gasteiger partial charge on any atom is 0.449 e. The van der Waals surface area contributed by atoms with Gasteiger partial charge in [0.2, 0.25) is 5.82 Å². The zero-order valence-corrected chi connectivity index (χ0v) is 10.6. The number of nitrogens with one attached hydrogen (secondary N) is 1. The van der Waals surface area contributed by atoms with Crippen LogP contribution in [0.4, 0.5) is 13.2 Å². The predicted molar refractivity (Wildman–Crippen MR) is 65.3 cm³/mol. The fourth-order valence-corrected chi connectivity index (χ4v) is 1.83. The molecule has 19 heavy (non-hydrogen) atoms. The summed E-state index contributed by atoms with van der Waals surface area (Å²) in [5, 5.41) is 0.199. The summed E-state index contributed by atoms with van der Waals surface area (Å²) in [5.74, 6) is -1.38. The monoisotopic (exact) mass is 308 g/mol. The lowest BCUT2D eigenvalue weighted by atomic mass is 10.1. The zero-order valence-electron chi connectivity index (χ0n) is 9.05. The Balaban J connectivity index is 2.67. The van der Waals surface area contributed by atoms with E-state index in [9.17, 15) is 18.0 Å². The van der Waals surface area contributed by atoms with Gasteiger partial charge in [0.05, 0.1) is 15.7 Å². The Morgan fingerprint density at radius 2 is 1.89 bits per heavy atom. The number of aromatic amines is 1. The van der Waals surface area contributed by atoms with Crippen LogP contribution in [0.15, 0.2) is 29.1 Å². The molecule has 0 aliphatic rings. The SMILES string of the molecule is O=c1cc(-c2cccc(Cl)c2Cl)nc(C(F)(F)F)[nH]1. The number of benzene rings is 1. The van der Waals surface area contributed by atoms with Crippen LogP contribution in [0.3, 0.4) is 0 Å². The van der Waals surface area contributed by atoms with E-state index >= 15 is 0 Å². The largest absolute Gasteiger partial charge is 0.449 e. The molecule has 0 aliphatic carbocycles. The summed E-state index contributed by atoms with van der Waals surface area (Å²) in [6.07, 6.45) is -4.75. The van der Waals surface area contributed by atoms with E-state index < -0.39 is 17.6 Å². The van der Waals surface area contributed by atoms with Crippen molar-refractivity contribution in [1.29, 1.82) is 0 Å². The Morgan fingerprint density at radius 3 is 2.53 bits per heavy atom. The van der Waals surface area contributed by atoms with Crippen LogP contribution < -0.4 is 5.56 Å². The minimum absolute atomic E-state index is 0.0374. The first-order valence-electron chi connectivity index (χ1n) is 4.92. The van der Waals surface area contributed by atoms with E-state index in [0.29, 0.717) is 0 Å². The molecule has 100 valence electrons. The molecule has 2 aromatic rings. The van der Waals surface area contributed by atoms with E-state index in [1.165, 1.54) is 18.2 Å². The van der Waals surface area contributed by atoms with Gasteiger partial charge in [-0.05, 0) is 6.07 Å². The summed E-state index contributed by atoms with van der Waals surface area (Å²) < 4.78 is 37.7. The van der Waals surface area contributed by atoms with Crippen molar-refractivity contribution in [3.8, 4) is 11.3 Å². The minimum atomic E-state index is -4.75. The number of nitrogens with zero attached hydrogens (tertiary/aromatic N) is 1. The van der Waals surface area contributed by atoms with Crippen LogP contribution in [0.5, 0.6) is 0 Å². The van der Waals surface area contributed by atoms with Gasteiger partial charge in [-0.15, -0.1) is 0 Å². The van der Waals surface area contributed by atoms with Crippen molar-refractivity contribution in [2.24, 2.45) is 0 Å². The third-order valence-corrected chi connectivity index (χ3v) is 3.06. The number of rotatable bonds is 1. The zero-order chi connectivity index (χ0) is 14.2. The number of aromatic nitrogens is 2. The van der Waals surface area contributed by atoms with Gasteiger partial charge < -0.3 is 4.98 Å². The van der Waals surface area contributed by atoms with Gasteiger partial charge in [0, 0.05) is 11.6 Å². The molecular weight excluding hydrogens is 304 g/mol. The Bertz CT molecular complexity index is 682. The number of H-pyrrole nitrogens is 1. The molecule has 1 N–H and O–H groups in total. The number of hydrogen-bond acceptors (Lipinski definition) is 2. The van der Waals surface area contributed by atoms with Crippen LogP contribution in [0.1, 0.15) is 5.82 Å². The van der Waals surface area contributed by atoms with E-state index in [2.05, 4.69) is 4.98 Å².